The first-order valence-electron chi connectivity index (χ1n) is 22.6. The molecule has 67 heavy (non-hydrogen) atoms. The normalized spacial score (nSPS) is 16.0. The number of benzene rings is 3. The van der Waals surface area contributed by atoms with Crippen molar-refractivity contribution in [1.29, 1.82) is 0 Å². The lowest BCUT2D eigenvalue weighted by Gasteiger charge is -2.35. The number of aromatic nitrogens is 2. The Bertz CT molecular complexity index is 2330. The Balaban J connectivity index is 0.782. The van der Waals surface area contributed by atoms with Crippen LogP contribution in [0.4, 0.5) is 5.69 Å². The average molecular weight is 961 g/mol. The van der Waals surface area contributed by atoms with Crippen LogP contribution in [0.1, 0.15) is 51.4 Å². The predicted molar refractivity (Wildman–Crippen MR) is 261 cm³/mol. The maximum atomic E-state index is 14.0. The molecule has 6 rings (SSSR count). The number of thiazole rings is 2. The molecule has 4 N–H and O–H groups in total. The fraction of sp³-hybridized carbons (Fsp3) is 0.490. The summed E-state index contributed by atoms with van der Waals surface area (Å²) in [5, 5.41) is 20.5. The highest BCUT2D eigenvalue weighted by Crippen LogP contribution is 2.33. The fourth-order valence-electron chi connectivity index (χ4n) is 7.38. The highest BCUT2D eigenvalue weighted by Gasteiger charge is 2.44. The number of hydrogen-bond donors (Lipinski definition) is 4. The van der Waals surface area contributed by atoms with Gasteiger partial charge in [0, 0.05) is 31.3 Å². The van der Waals surface area contributed by atoms with E-state index in [2.05, 4.69) is 33.1 Å². The van der Waals surface area contributed by atoms with E-state index in [1.165, 1.54) is 4.90 Å². The number of β-amino-alcohol motifs (C(OH)–C–C–N with tert-alkyl or cyclic N) is 1. The molecular formula is C49H64N6O10S2. The number of aliphatic hydroxyl groups is 1. The van der Waals surface area contributed by atoms with Gasteiger partial charge in [-0.1, -0.05) is 45.0 Å². The minimum Gasteiger partial charge on any atom is -0.491 e. The van der Waals surface area contributed by atoms with Crippen LogP contribution in [0.3, 0.4) is 0 Å². The van der Waals surface area contributed by atoms with E-state index in [0.717, 1.165) is 53.9 Å². The first-order chi connectivity index (χ1) is 32.3. The number of nitrogens with zero attached hydrogens (tertiary/aromatic N) is 3. The number of amides is 3. The molecule has 0 saturated carbocycles. The molecule has 0 bridgehead atoms. The number of nitrogens with one attached hydrogen (secondary N) is 3. The van der Waals surface area contributed by atoms with Gasteiger partial charge in [0.2, 0.25) is 17.7 Å². The van der Waals surface area contributed by atoms with Crippen molar-refractivity contribution in [2.45, 2.75) is 65.3 Å². The van der Waals surface area contributed by atoms with Crippen LogP contribution in [0.2, 0.25) is 0 Å². The highest BCUT2D eigenvalue weighted by molar-refractivity contribution is 7.21. The van der Waals surface area contributed by atoms with Crippen molar-refractivity contribution in [3.63, 3.8) is 0 Å². The Labute approximate surface area is 400 Å². The molecule has 0 unspecified atom stereocenters. The molecule has 0 spiro atoms. The van der Waals surface area contributed by atoms with Crippen molar-refractivity contribution in [1.82, 2.24) is 25.5 Å². The van der Waals surface area contributed by atoms with Crippen LogP contribution in [0.5, 0.6) is 5.75 Å². The van der Waals surface area contributed by atoms with E-state index in [1.807, 2.05) is 102 Å². The van der Waals surface area contributed by atoms with Gasteiger partial charge < -0.3 is 54.4 Å². The second-order valence-corrected chi connectivity index (χ2v) is 19.1. The second-order valence-electron chi connectivity index (χ2n) is 17.2. The number of fused-ring (bicyclic) bond motifs is 1. The Morgan fingerprint density at radius 1 is 0.821 bits per heavy atom. The third-order valence-corrected chi connectivity index (χ3v) is 13.1. The average Bonchev–Trinajstić information content (AvgIpc) is 4.06. The van der Waals surface area contributed by atoms with Crippen molar-refractivity contribution in [2.75, 3.05) is 91.6 Å². The van der Waals surface area contributed by atoms with E-state index in [9.17, 15) is 19.5 Å². The highest BCUT2D eigenvalue weighted by atomic mass is 32.1. The van der Waals surface area contributed by atoms with E-state index in [0.29, 0.717) is 52.9 Å². The Morgan fingerprint density at radius 3 is 2.03 bits per heavy atom. The van der Waals surface area contributed by atoms with E-state index in [4.69, 9.17) is 33.4 Å². The summed E-state index contributed by atoms with van der Waals surface area (Å²) in [6.45, 7) is 12.7. The standard InChI is InChI=1S/C49H64N6O10S2/c1-32(34-7-9-35(10-8-34)44-33(2)51-31-66-44)52-46(58)41-27-38(56)29-55(41)48(59)45(49(3,4)5)54-43(57)30-64-24-23-62-20-19-60-17-18-61-21-22-63-25-26-65-39-15-16-40-42(28-39)67-47(53-40)36-11-13-37(50-6)14-12-36/h7-16,28,31-32,38,41,45,50,56H,17-27,29-30H2,1-6H3,(H,52,58)(H,54,57)/t32-,38+,41-,45+/m0/s1. The molecule has 18 heteroatoms. The van der Waals surface area contributed by atoms with Crippen LogP contribution in [0, 0.1) is 12.3 Å². The number of anilines is 1. The van der Waals surface area contributed by atoms with E-state index < -0.39 is 35.4 Å². The first kappa shape index (κ1) is 51.3. The third kappa shape index (κ3) is 15.2. The molecule has 1 saturated heterocycles. The number of carbonyl (C=O) groups excluding carboxylic acids is 3. The van der Waals surface area contributed by atoms with Gasteiger partial charge in [0.1, 0.15) is 36.1 Å². The SMILES string of the molecule is CNc1ccc(-c2nc3ccc(OCCOCCOCCOCCOCCOCC(=O)N[C@H](C(=O)N4C[C@H](O)C[C@H]4C(=O)N[C@@H](C)c4ccc(-c5scnc5C)cc4)C(C)(C)C)cc3s2)cc1. The summed E-state index contributed by atoms with van der Waals surface area (Å²) < 4.78 is 34.8. The van der Waals surface area contributed by atoms with Gasteiger partial charge in [0.25, 0.3) is 0 Å². The summed E-state index contributed by atoms with van der Waals surface area (Å²) in [6, 6.07) is 19.8. The first-order valence-corrected chi connectivity index (χ1v) is 24.3. The number of hydrogen-bond acceptors (Lipinski definition) is 15. The van der Waals surface area contributed by atoms with Crippen molar-refractivity contribution in [3.05, 3.63) is 83.5 Å². The summed E-state index contributed by atoms with van der Waals surface area (Å²) in [5.74, 6) is -0.517. The van der Waals surface area contributed by atoms with Gasteiger partial charge in [-0.3, -0.25) is 14.4 Å². The van der Waals surface area contributed by atoms with Crippen molar-refractivity contribution in [2.24, 2.45) is 5.41 Å². The quantitative estimate of drug-likeness (QED) is 0.0454. The zero-order valence-corrected chi connectivity index (χ0v) is 40.8. The number of ether oxygens (including phenoxy) is 6. The Hall–Kier alpha value is -5.05. The molecule has 3 amide bonds. The summed E-state index contributed by atoms with van der Waals surface area (Å²) in [7, 11) is 1.90. The molecule has 362 valence electrons. The summed E-state index contributed by atoms with van der Waals surface area (Å²) in [6.07, 6.45) is -0.780. The molecule has 2 aromatic heterocycles. The minimum absolute atomic E-state index is 0.0171. The number of aryl methyl sites for hydroxylation is 1. The van der Waals surface area contributed by atoms with Crippen molar-refractivity contribution in [3.8, 4) is 26.8 Å². The molecule has 1 aliphatic rings. The van der Waals surface area contributed by atoms with Gasteiger partial charge in [0.15, 0.2) is 0 Å². The van der Waals surface area contributed by atoms with Gasteiger partial charge in [-0.05, 0) is 72.9 Å². The van der Waals surface area contributed by atoms with Crippen LogP contribution in [-0.4, -0.2) is 142 Å². The van der Waals surface area contributed by atoms with Gasteiger partial charge >= 0.3 is 0 Å². The predicted octanol–water partition coefficient (Wildman–Crippen LogP) is 6.27. The number of likely N-dealkylation sites (tertiary alicyclic amines) is 1. The summed E-state index contributed by atoms with van der Waals surface area (Å²) >= 11 is 3.21. The second kappa shape index (κ2) is 25.4. The largest absolute Gasteiger partial charge is 0.491 e. The lowest BCUT2D eigenvalue weighted by Crippen LogP contribution is -2.58. The van der Waals surface area contributed by atoms with Crippen molar-refractivity contribution < 1.29 is 47.9 Å². The van der Waals surface area contributed by atoms with Crippen LogP contribution in [-0.2, 0) is 38.1 Å². The lowest BCUT2D eigenvalue weighted by molar-refractivity contribution is -0.144. The maximum absolute atomic E-state index is 14.0. The smallest absolute Gasteiger partial charge is 0.246 e. The molecular weight excluding hydrogens is 897 g/mol. The fourth-order valence-corrected chi connectivity index (χ4v) is 9.19. The molecule has 0 radical (unpaired) electrons. The number of rotatable bonds is 26. The Morgan fingerprint density at radius 2 is 1.43 bits per heavy atom. The van der Waals surface area contributed by atoms with Gasteiger partial charge in [-0.2, -0.15) is 0 Å². The zero-order valence-electron chi connectivity index (χ0n) is 39.2. The molecule has 1 fully saturated rings. The molecule has 3 heterocycles. The van der Waals surface area contributed by atoms with Gasteiger partial charge in [0.05, 0.1) is 97.9 Å². The third-order valence-electron chi connectivity index (χ3n) is 11.1. The number of aliphatic hydroxyl groups excluding tert-OH is 1. The van der Waals surface area contributed by atoms with E-state index in [-0.39, 0.29) is 44.7 Å². The van der Waals surface area contributed by atoms with Crippen LogP contribution in [0.15, 0.2) is 72.2 Å². The van der Waals surface area contributed by atoms with Crippen LogP contribution < -0.4 is 20.7 Å². The molecule has 4 atom stereocenters. The van der Waals surface area contributed by atoms with Crippen LogP contribution >= 0.6 is 22.7 Å². The monoisotopic (exact) mass is 960 g/mol. The maximum Gasteiger partial charge on any atom is 0.246 e. The molecule has 0 aliphatic carbocycles. The molecule has 5 aromatic rings. The molecule has 1 aliphatic heterocycles. The zero-order chi connectivity index (χ0) is 47.8. The van der Waals surface area contributed by atoms with Gasteiger partial charge in [-0.25, -0.2) is 9.97 Å². The molecule has 3 aromatic carbocycles. The van der Waals surface area contributed by atoms with Crippen molar-refractivity contribution >= 4 is 56.3 Å². The topological polar surface area (TPSA) is 192 Å². The van der Waals surface area contributed by atoms with E-state index in [1.54, 1.807) is 22.7 Å². The number of carbonyl (C=O) groups is 3. The molecule has 16 nitrogen and oxygen atoms in total. The lowest BCUT2D eigenvalue weighted by atomic mass is 9.85. The Kier molecular flexibility index (Phi) is 19.4. The van der Waals surface area contributed by atoms with E-state index >= 15 is 0 Å². The summed E-state index contributed by atoms with van der Waals surface area (Å²) in [4.78, 5) is 52.1. The summed E-state index contributed by atoms with van der Waals surface area (Å²) in [5.41, 5.74) is 7.11. The van der Waals surface area contributed by atoms with Gasteiger partial charge in [-0.15, -0.1) is 22.7 Å². The van der Waals surface area contributed by atoms with Crippen LogP contribution in [0.25, 0.3) is 31.2 Å². The minimum atomic E-state index is -0.964.